The first kappa shape index (κ1) is 19.0. The molecule has 1 aliphatic heterocycles. The third-order valence-electron chi connectivity index (χ3n) is 4.35. The first-order valence-corrected chi connectivity index (χ1v) is 7.95. The molecule has 2 heterocycles. The molecule has 22 heavy (non-hydrogen) atoms. The van der Waals surface area contributed by atoms with Gasteiger partial charge in [0.05, 0.1) is 0 Å². The van der Waals surface area contributed by atoms with Crippen LogP contribution in [-0.2, 0) is 11.2 Å². The van der Waals surface area contributed by atoms with E-state index in [1.807, 2.05) is 17.3 Å². The standard InChI is InChI=1S/C16H28N4O.ClH/c1-13(2)20-11-9-17-15(20)7-8-16(21)19-10-5-6-14(12-19)18(3)4;/h9,11,13-14H,5-8,10,12H2,1-4H3;1H/t14-;/m0./s1. The first-order chi connectivity index (χ1) is 9.99. The molecule has 1 aromatic rings. The Balaban J connectivity index is 0.00000242. The Morgan fingerprint density at radius 1 is 1.45 bits per heavy atom. The van der Waals surface area contributed by atoms with Crippen molar-refractivity contribution in [3.8, 4) is 0 Å². The minimum absolute atomic E-state index is 0. The number of amides is 1. The predicted molar refractivity (Wildman–Crippen MR) is 91.5 cm³/mol. The van der Waals surface area contributed by atoms with Crippen LogP contribution in [0.2, 0.25) is 0 Å². The van der Waals surface area contributed by atoms with Gasteiger partial charge in [-0.1, -0.05) is 0 Å². The second kappa shape index (κ2) is 8.53. The van der Waals surface area contributed by atoms with Crippen LogP contribution in [0.15, 0.2) is 12.4 Å². The van der Waals surface area contributed by atoms with Crippen molar-refractivity contribution in [3.63, 3.8) is 0 Å². The topological polar surface area (TPSA) is 41.4 Å². The quantitative estimate of drug-likeness (QED) is 0.833. The van der Waals surface area contributed by atoms with Gasteiger partial charge in [-0.2, -0.15) is 0 Å². The van der Waals surface area contributed by atoms with E-state index in [0.29, 0.717) is 18.5 Å². The zero-order valence-corrected chi connectivity index (χ0v) is 15.0. The number of piperidine rings is 1. The fraction of sp³-hybridized carbons (Fsp3) is 0.750. The lowest BCUT2D eigenvalue weighted by atomic mass is 10.0. The number of aryl methyl sites for hydroxylation is 1. The van der Waals surface area contributed by atoms with E-state index in [1.54, 1.807) is 0 Å². The molecule has 0 aromatic carbocycles. The zero-order valence-electron chi connectivity index (χ0n) is 14.2. The second-order valence-corrected chi connectivity index (χ2v) is 6.44. The number of halogens is 1. The molecular formula is C16H29ClN4O. The molecule has 1 aliphatic rings. The lowest BCUT2D eigenvalue weighted by molar-refractivity contribution is -0.133. The van der Waals surface area contributed by atoms with Crippen molar-refractivity contribution in [2.45, 2.75) is 51.6 Å². The number of hydrogen-bond donors (Lipinski definition) is 0. The van der Waals surface area contributed by atoms with Crippen molar-refractivity contribution in [2.75, 3.05) is 27.2 Å². The monoisotopic (exact) mass is 328 g/mol. The lowest BCUT2D eigenvalue weighted by Crippen LogP contribution is -2.47. The van der Waals surface area contributed by atoms with Crippen LogP contribution in [0.1, 0.15) is 45.0 Å². The Hall–Kier alpha value is -1.07. The lowest BCUT2D eigenvalue weighted by Gasteiger charge is -2.36. The molecule has 2 rings (SSSR count). The molecule has 5 nitrogen and oxygen atoms in total. The van der Waals surface area contributed by atoms with E-state index in [1.165, 1.54) is 6.42 Å². The van der Waals surface area contributed by atoms with Crippen molar-refractivity contribution >= 4 is 18.3 Å². The van der Waals surface area contributed by atoms with Gasteiger partial charge in [-0.05, 0) is 40.8 Å². The number of imidazole rings is 1. The molecule has 1 amide bonds. The summed E-state index contributed by atoms with van der Waals surface area (Å²) in [6.07, 6.45) is 7.40. The molecule has 0 N–H and O–H groups in total. The van der Waals surface area contributed by atoms with Crippen molar-refractivity contribution in [2.24, 2.45) is 0 Å². The zero-order chi connectivity index (χ0) is 15.4. The molecule has 0 saturated carbocycles. The molecule has 0 aliphatic carbocycles. The molecule has 0 spiro atoms. The average Bonchev–Trinajstić information content (AvgIpc) is 2.93. The summed E-state index contributed by atoms with van der Waals surface area (Å²) < 4.78 is 2.14. The predicted octanol–water partition coefficient (Wildman–Crippen LogP) is 2.37. The summed E-state index contributed by atoms with van der Waals surface area (Å²) in [5.74, 6) is 1.28. The van der Waals surface area contributed by atoms with Crippen molar-refractivity contribution in [1.82, 2.24) is 19.4 Å². The number of carbonyl (C=O) groups excluding carboxylic acids is 1. The highest BCUT2D eigenvalue weighted by Gasteiger charge is 2.24. The van der Waals surface area contributed by atoms with Gasteiger partial charge in [0.15, 0.2) is 0 Å². The summed E-state index contributed by atoms with van der Waals surface area (Å²) in [7, 11) is 4.19. The van der Waals surface area contributed by atoms with Crippen LogP contribution in [0.3, 0.4) is 0 Å². The van der Waals surface area contributed by atoms with E-state index < -0.39 is 0 Å². The van der Waals surface area contributed by atoms with Gasteiger partial charge in [0, 0.05) is 50.4 Å². The highest BCUT2D eigenvalue weighted by atomic mass is 35.5. The van der Waals surface area contributed by atoms with Crippen molar-refractivity contribution < 1.29 is 4.79 Å². The first-order valence-electron chi connectivity index (χ1n) is 7.95. The highest BCUT2D eigenvalue weighted by Crippen LogP contribution is 2.16. The van der Waals surface area contributed by atoms with Gasteiger partial charge in [-0.25, -0.2) is 4.98 Å². The van der Waals surface area contributed by atoms with Gasteiger partial charge >= 0.3 is 0 Å². The Labute approximate surface area is 140 Å². The molecule has 0 bridgehead atoms. The number of carbonyl (C=O) groups is 1. The third-order valence-corrected chi connectivity index (χ3v) is 4.35. The highest BCUT2D eigenvalue weighted by molar-refractivity contribution is 5.85. The molecule has 126 valence electrons. The Kier molecular flexibility index (Phi) is 7.36. The summed E-state index contributed by atoms with van der Waals surface area (Å²) in [6, 6.07) is 0.895. The van der Waals surface area contributed by atoms with E-state index in [0.717, 1.165) is 31.8 Å². The van der Waals surface area contributed by atoms with Gasteiger partial charge in [-0.3, -0.25) is 4.79 Å². The summed E-state index contributed by atoms with van der Waals surface area (Å²) >= 11 is 0. The molecule has 6 heteroatoms. The van der Waals surface area contributed by atoms with Crippen LogP contribution >= 0.6 is 12.4 Å². The van der Waals surface area contributed by atoms with Gasteiger partial charge in [-0.15, -0.1) is 12.4 Å². The smallest absolute Gasteiger partial charge is 0.223 e. The molecule has 1 saturated heterocycles. The maximum atomic E-state index is 12.4. The molecule has 1 atom stereocenters. The Morgan fingerprint density at radius 2 is 2.18 bits per heavy atom. The van der Waals surface area contributed by atoms with Crippen LogP contribution in [0.4, 0.5) is 0 Å². The molecular weight excluding hydrogens is 300 g/mol. The number of likely N-dealkylation sites (tertiary alicyclic amines) is 1. The van der Waals surface area contributed by atoms with Crippen molar-refractivity contribution in [3.05, 3.63) is 18.2 Å². The summed E-state index contributed by atoms with van der Waals surface area (Å²) in [5.41, 5.74) is 0. The summed E-state index contributed by atoms with van der Waals surface area (Å²) in [5, 5.41) is 0. The van der Waals surface area contributed by atoms with Gasteiger partial charge in [0.1, 0.15) is 5.82 Å². The van der Waals surface area contributed by atoms with E-state index in [2.05, 4.69) is 42.4 Å². The Bertz CT molecular complexity index is 472. The average molecular weight is 329 g/mol. The molecule has 0 radical (unpaired) electrons. The number of aromatic nitrogens is 2. The van der Waals surface area contributed by atoms with Crippen LogP contribution in [0.25, 0.3) is 0 Å². The Morgan fingerprint density at radius 3 is 2.82 bits per heavy atom. The summed E-state index contributed by atoms with van der Waals surface area (Å²) in [6.45, 7) is 6.05. The maximum Gasteiger partial charge on any atom is 0.223 e. The SMILES string of the molecule is CC(C)n1ccnc1CCC(=O)N1CCC[C@H](N(C)C)C1.Cl. The van der Waals surface area contributed by atoms with E-state index >= 15 is 0 Å². The van der Waals surface area contributed by atoms with Gasteiger partial charge < -0.3 is 14.4 Å². The minimum Gasteiger partial charge on any atom is -0.341 e. The molecule has 1 fully saturated rings. The van der Waals surface area contributed by atoms with E-state index in [-0.39, 0.29) is 18.3 Å². The number of likely N-dealkylation sites (N-methyl/N-ethyl adjacent to an activating group) is 1. The van der Waals surface area contributed by atoms with E-state index in [4.69, 9.17) is 0 Å². The fourth-order valence-electron chi connectivity index (χ4n) is 2.99. The number of hydrogen-bond acceptors (Lipinski definition) is 3. The van der Waals surface area contributed by atoms with Crippen molar-refractivity contribution in [1.29, 1.82) is 0 Å². The normalized spacial score (nSPS) is 18.6. The number of nitrogens with zero attached hydrogens (tertiary/aromatic N) is 4. The van der Waals surface area contributed by atoms with Gasteiger partial charge in [0.25, 0.3) is 0 Å². The number of rotatable bonds is 5. The molecule has 0 unspecified atom stereocenters. The van der Waals surface area contributed by atoms with Crippen LogP contribution in [-0.4, -0.2) is 58.5 Å². The van der Waals surface area contributed by atoms with Crippen LogP contribution < -0.4 is 0 Å². The van der Waals surface area contributed by atoms with Crippen LogP contribution in [0.5, 0.6) is 0 Å². The third kappa shape index (κ3) is 4.71. The molecule has 1 aromatic heterocycles. The fourth-order valence-corrected chi connectivity index (χ4v) is 2.99. The van der Waals surface area contributed by atoms with E-state index in [9.17, 15) is 4.79 Å². The largest absolute Gasteiger partial charge is 0.341 e. The second-order valence-electron chi connectivity index (χ2n) is 6.44. The maximum absolute atomic E-state index is 12.4. The van der Waals surface area contributed by atoms with Gasteiger partial charge in [0.2, 0.25) is 5.91 Å². The minimum atomic E-state index is 0. The summed E-state index contributed by atoms with van der Waals surface area (Å²) in [4.78, 5) is 21.0. The van der Waals surface area contributed by atoms with Crippen LogP contribution in [0, 0.1) is 0 Å².